The molecule has 0 aliphatic heterocycles. The van der Waals surface area contributed by atoms with Gasteiger partial charge in [-0.2, -0.15) is 0 Å². The van der Waals surface area contributed by atoms with Gasteiger partial charge >= 0.3 is 5.97 Å². The van der Waals surface area contributed by atoms with Crippen molar-refractivity contribution < 1.29 is 9.90 Å². The molecule has 1 aromatic heterocycles. The van der Waals surface area contributed by atoms with Gasteiger partial charge in [0.2, 0.25) is 0 Å². The van der Waals surface area contributed by atoms with Gasteiger partial charge in [-0.1, -0.05) is 47.7 Å². The number of aromatic nitrogens is 3. The summed E-state index contributed by atoms with van der Waals surface area (Å²) < 4.78 is 1.36. The zero-order chi connectivity index (χ0) is 16.4. The molecule has 0 saturated carbocycles. The van der Waals surface area contributed by atoms with Crippen LogP contribution in [0.4, 0.5) is 0 Å². The second-order valence-corrected chi connectivity index (χ2v) is 5.49. The normalized spacial score (nSPS) is 12.1. The molecule has 0 radical (unpaired) electrons. The number of benzene rings is 2. The van der Waals surface area contributed by atoms with Crippen LogP contribution in [0.3, 0.4) is 0 Å². The van der Waals surface area contributed by atoms with Crippen molar-refractivity contribution in [1.82, 2.24) is 15.0 Å². The van der Waals surface area contributed by atoms with Gasteiger partial charge in [0, 0.05) is 5.56 Å². The van der Waals surface area contributed by atoms with E-state index in [0.29, 0.717) is 5.69 Å². The molecule has 0 aliphatic carbocycles. The van der Waals surface area contributed by atoms with E-state index < -0.39 is 12.0 Å². The summed E-state index contributed by atoms with van der Waals surface area (Å²) >= 11 is 0. The summed E-state index contributed by atoms with van der Waals surface area (Å²) in [6, 6.07) is 15.5. The Labute approximate surface area is 134 Å². The number of hydrogen-bond acceptors (Lipinski definition) is 3. The van der Waals surface area contributed by atoms with Crippen LogP contribution in [-0.2, 0) is 4.79 Å². The largest absolute Gasteiger partial charge is 0.480 e. The van der Waals surface area contributed by atoms with E-state index in [0.717, 1.165) is 11.1 Å². The molecular formula is C18H17N3O2. The van der Waals surface area contributed by atoms with Crippen LogP contribution < -0.4 is 0 Å². The molecule has 0 fully saturated rings. The van der Waals surface area contributed by atoms with Gasteiger partial charge in [-0.3, -0.25) is 0 Å². The zero-order valence-corrected chi connectivity index (χ0v) is 13.0. The Hall–Kier alpha value is -2.95. The smallest absolute Gasteiger partial charge is 0.328 e. The lowest BCUT2D eigenvalue weighted by Crippen LogP contribution is -2.15. The third kappa shape index (κ3) is 2.99. The molecule has 23 heavy (non-hydrogen) atoms. The van der Waals surface area contributed by atoms with Crippen LogP contribution in [0, 0.1) is 6.92 Å². The van der Waals surface area contributed by atoms with E-state index in [2.05, 4.69) is 35.4 Å². The Kier molecular flexibility index (Phi) is 3.93. The van der Waals surface area contributed by atoms with Gasteiger partial charge in [0.25, 0.3) is 0 Å². The van der Waals surface area contributed by atoms with Gasteiger partial charge in [-0.25, -0.2) is 9.48 Å². The summed E-state index contributed by atoms with van der Waals surface area (Å²) in [6.45, 7) is 3.65. The van der Waals surface area contributed by atoms with Gasteiger partial charge in [-0.15, -0.1) is 5.10 Å². The predicted octanol–water partition coefficient (Wildman–Crippen LogP) is 3.57. The van der Waals surface area contributed by atoms with Crippen LogP contribution >= 0.6 is 0 Å². The number of nitrogens with zero attached hydrogens (tertiary/aromatic N) is 3. The van der Waals surface area contributed by atoms with Crippen molar-refractivity contribution in [3.63, 3.8) is 0 Å². The standard InChI is InChI=1S/C18H17N3O2/c1-12-6-3-4-9-16(12)14-7-5-8-15(10-14)17-11-21(20-19-17)13(2)18(22)23/h3-11,13H,1-2H3,(H,22,23)/t13-/m1/s1. The van der Waals surface area contributed by atoms with E-state index in [9.17, 15) is 4.79 Å². The van der Waals surface area contributed by atoms with E-state index in [1.807, 2.05) is 30.3 Å². The minimum absolute atomic E-state index is 0.661. The summed E-state index contributed by atoms with van der Waals surface area (Å²) in [5.41, 5.74) is 5.04. The van der Waals surface area contributed by atoms with Crippen molar-refractivity contribution in [2.24, 2.45) is 0 Å². The Balaban J connectivity index is 1.98. The van der Waals surface area contributed by atoms with E-state index in [4.69, 9.17) is 5.11 Å². The van der Waals surface area contributed by atoms with Crippen molar-refractivity contribution in [3.05, 3.63) is 60.3 Å². The van der Waals surface area contributed by atoms with E-state index in [1.165, 1.54) is 15.8 Å². The lowest BCUT2D eigenvalue weighted by molar-refractivity contribution is -0.140. The monoisotopic (exact) mass is 307 g/mol. The highest BCUT2D eigenvalue weighted by atomic mass is 16.4. The molecule has 0 spiro atoms. The molecule has 3 aromatic rings. The molecule has 0 saturated heterocycles. The van der Waals surface area contributed by atoms with Crippen molar-refractivity contribution in [2.45, 2.75) is 19.9 Å². The highest BCUT2D eigenvalue weighted by Gasteiger charge is 2.15. The van der Waals surface area contributed by atoms with Crippen molar-refractivity contribution in [2.75, 3.05) is 0 Å². The zero-order valence-electron chi connectivity index (χ0n) is 13.0. The van der Waals surface area contributed by atoms with Crippen molar-refractivity contribution in [1.29, 1.82) is 0 Å². The maximum atomic E-state index is 11.0. The number of aryl methyl sites for hydroxylation is 1. The fourth-order valence-corrected chi connectivity index (χ4v) is 2.45. The third-order valence-electron chi connectivity index (χ3n) is 3.88. The number of carboxylic acids is 1. The maximum Gasteiger partial charge on any atom is 0.328 e. The first-order valence-corrected chi connectivity index (χ1v) is 7.37. The predicted molar refractivity (Wildman–Crippen MR) is 88.0 cm³/mol. The van der Waals surface area contributed by atoms with Crippen LogP contribution in [0.25, 0.3) is 22.4 Å². The Morgan fingerprint density at radius 3 is 2.61 bits per heavy atom. The SMILES string of the molecule is Cc1ccccc1-c1cccc(-c2cn([C@H](C)C(=O)O)nn2)c1. The number of rotatable bonds is 4. The average Bonchev–Trinajstić information content (AvgIpc) is 3.04. The molecule has 2 aromatic carbocycles. The van der Waals surface area contributed by atoms with Crippen LogP contribution in [0.15, 0.2) is 54.7 Å². The molecular weight excluding hydrogens is 290 g/mol. The summed E-state index contributed by atoms with van der Waals surface area (Å²) in [4.78, 5) is 11.0. The first kappa shape index (κ1) is 15.0. The summed E-state index contributed by atoms with van der Waals surface area (Å²) in [5.74, 6) is -0.935. The lowest BCUT2D eigenvalue weighted by Gasteiger charge is -2.07. The molecule has 0 unspecified atom stereocenters. The molecule has 0 amide bonds. The van der Waals surface area contributed by atoms with E-state index in [1.54, 1.807) is 13.1 Å². The minimum atomic E-state index is -0.935. The van der Waals surface area contributed by atoms with E-state index >= 15 is 0 Å². The van der Waals surface area contributed by atoms with Crippen molar-refractivity contribution in [3.8, 4) is 22.4 Å². The topological polar surface area (TPSA) is 68.0 Å². The second kappa shape index (κ2) is 6.04. The fourth-order valence-electron chi connectivity index (χ4n) is 2.45. The van der Waals surface area contributed by atoms with Gasteiger partial charge in [0.05, 0.1) is 6.20 Å². The highest BCUT2D eigenvalue weighted by Crippen LogP contribution is 2.27. The number of hydrogen-bond donors (Lipinski definition) is 1. The highest BCUT2D eigenvalue weighted by molar-refractivity contribution is 5.74. The van der Waals surface area contributed by atoms with Crippen LogP contribution in [-0.4, -0.2) is 26.1 Å². The first-order valence-electron chi connectivity index (χ1n) is 7.37. The average molecular weight is 307 g/mol. The lowest BCUT2D eigenvalue weighted by atomic mass is 9.98. The van der Waals surface area contributed by atoms with Crippen LogP contribution in [0.2, 0.25) is 0 Å². The second-order valence-electron chi connectivity index (χ2n) is 5.49. The van der Waals surface area contributed by atoms with E-state index in [-0.39, 0.29) is 0 Å². The molecule has 1 heterocycles. The molecule has 3 rings (SSSR count). The fraction of sp³-hybridized carbons (Fsp3) is 0.167. The van der Waals surface area contributed by atoms with Crippen molar-refractivity contribution >= 4 is 5.97 Å². The van der Waals surface area contributed by atoms with Gasteiger partial charge in [-0.05, 0) is 36.6 Å². The molecule has 116 valence electrons. The number of carbonyl (C=O) groups is 1. The van der Waals surface area contributed by atoms with Crippen LogP contribution in [0.5, 0.6) is 0 Å². The molecule has 1 atom stereocenters. The number of aliphatic carboxylic acids is 1. The van der Waals surface area contributed by atoms with Gasteiger partial charge in [0.15, 0.2) is 0 Å². The third-order valence-corrected chi connectivity index (χ3v) is 3.88. The first-order chi connectivity index (χ1) is 11.1. The summed E-state index contributed by atoms with van der Waals surface area (Å²) in [6.07, 6.45) is 1.66. The molecule has 0 bridgehead atoms. The molecule has 5 nitrogen and oxygen atoms in total. The Bertz CT molecular complexity index is 855. The molecule has 5 heteroatoms. The minimum Gasteiger partial charge on any atom is -0.480 e. The molecule has 0 aliphatic rings. The molecule has 1 N–H and O–H groups in total. The van der Waals surface area contributed by atoms with Crippen LogP contribution in [0.1, 0.15) is 18.5 Å². The maximum absolute atomic E-state index is 11.0. The summed E-state index contributed by atoms with van der Waals surface area (Å²) in [7, 11) is 0. The quantitative estimate of drug-likeness (QED) is 0.800. The number of carboxylic acid groups (broad SMARTS) is 1. The van der Waals surface area contributed by atoms with Gasteiger partial charge in [0.1, 0.15) is 11.7 Å². The summed E-state index contributed by atoms with van der Waals surface area (Å²) in [5, 5.41) is 17.1. The Morgan fingerprint density at radius 2 is 1.87 bits per heavy atom. The van der Waals surface area contributed by atoms with Gasteiger partial charge < -0.3 is 5.11 Å². The Morgan fingerprint density at radius 1 is 1.13 bits per heavy atom.